The molecule has 0 amide bonds. The molecule has 0 radical (unpaired) electrons. The van der Waals surface area contributed by atoms with E-state index in [9.17, 15) is 13.2 Å². The molecule has 1 aromatic heterocycles. The smallest absolute Gasteiger partial charge is 0.406 e. The lowest BCUT2D eigenvalue weighted by molar-refractivity contribution is -0.274. The van der Waals surface area contributed by atoms with Gasteiger partial charge in [0.2, 0.25) is 0 Å². The summed E-state index contributed by atoms with van der Waals surface area (Å²) < 4.78 is 45.8. The molecular formula is C18H13F3N4O2. The molecule has 27 heavy (non-hydrogen) atoms. The number of hydrogen-bond donors (Lipinski definition) is 1. The Morgan fingerprint density at radius 2 is 1.74 bits per heavy atom. The number of nitrogens with one attached hydrogen (secondary N) is 1. The zero-order valence-electron chi connectivity index (χ0n) is 13.8. The maximum Gasteiger partial charge on any atom is 0.573 e. The molecule has 1 N–H and O–H groups in total. The highest BCUT2D eigenvalue weighted by molar-refractivity contribution is 5.64. The summed E-state index contributed by atoms with van der Waals surface area (Å²) in [7, 11) is 0. The molecule has 138 valence electrons. The Balaban J connectivity index is 1.58. The van der Waals surface area contributed by atoms with E-state index >= 15 is 0 Å². The Bertz CT molecular complexity index is 946. The van der Waals surface area contributed by atoms with E-state index < -0.39 is 6.36 Å². The molecule has 0 saturated heterocycles. The number of ether oxygens (including phenoxy) is 2. The van der Waals surface area contributed by atoms with Gasteiger partial charge in [-0.3, -0.25) is 0 Å². The van der Waals surface area contributed by atoms with Crippen molar-refractivity contribution in [1.29, 1.82) is 5.26 Å². The first-order chi connectivity index (χ1) is 12.9. The molecule has 1 heterocycles. The third-order valence-electron chi connectivity index (χ3n) is 3.55. The van der Waals surface area contributed by atoms with Gasteiger partial charge in [0.15, 0.2) is 5.69 Å². The highest BCUT2D eigenvalue weighted by atomic mass is 19.4. The Morgan fingerprint density at radius 1 is 1.00 bits per heavy atom. The number of halogens is 3. The fourth-order valence-electron chi connectivity index (χ4n) is 2.39. The maximum absolute atomic E-state index is 12.1. The zero-order valence-corrected chi connectivity index (χ0v) is 13.8. The van der Waals surface area contributed by atoms with Gasteiger partial charge >= 0.3 is 6.36 Å². The topological polar surface area (TPSA) is 83.8 Å². The summed E-state index contributed by atoms with van der Waals surface area (Å²) in [5, 5.41) is 19.2. The van der Waals surface area contributed by atoms with Crippen molar-refractivity contribution in [2.45, 2.75) is 19.6 Å². The Labute approximate surface area is 152 Å². The van der Waals surface area contributed by atoms with E-state index in [1.54, 1.807) is 0 Å². The number of benzene rings is 2. The number of nitrogens with zero attached hydrogens (tertiary/aromatic N) is 3. The predicted molar refractivity (Wildman–Crippen MR) is 88.2 cm³/mol. The van der Waals surface area contributed by atoms with Gasteiger partial charge in [-0.05, 0) is 29.3 Å². The molecular weight excluding hydrogens is 361 g/mol. The first-order valence-electron chi connectivity index (χ1n) is 7.77. The third kappa shape index (κ3) is 5.05. The molecule has 6 nitrogen and oxygen atoms in total. The van der Waals surface area contributed by atoms with Crippen LogP contribution in [0.5, 0.6) is 5.75 Å². The molecule has 0 aliphatic carbocycles. The summed E-state index contributed by atoms with van der Waals surface area (Å²) >= 11 is 0. The van der Waals surface area contributed by atoms with E-state index in [4.69, 9.17) is 10.00 Å². The fourth-order valence-corrected chi connectivity index (χ4v) is 2.39. The van der Waals surface area contributed by atoms with E-state index in [-0.39, 0.29) is 24.7 Å². The normalized spacial score (nSPS) is 11.2. The molecule has 0 spiro atoms. The van der Waals surface area contributed by atoms with Gasteiger partial charge in [-0.25, -0.2) is 0 Å². The van der Waals surface area contributed by atoms with Crippen LogP contribution in [0, 0.1) is 11.3 Å². The van der Waals surface area contributed by atoms with Crippen molar-refractivity contribution in [3.63, 3.8) is 0 Å². The van der Waals surface area contributed by atoms with Crippen LogP contribution in [0.25, 0.3) is 11.3 Å². The molecule has 0 aliphatic heterocycles. The summed E-state index contributed by atoms with van der Waals surface area (Å²) in [5.74, 6) is -0.278. The standard InChI is InChI=1S/C18H13F3N4O2/c19-18(20,21)27-15-6-4-12(5-7-15)10-26-11-13-2-1-3-14(8-13)17-16(9-22)23-25-24-17/h1-8H,10-11H2,(H,23,24,25). The SMILES string of the molecule is N#Cc1n[nH]nc1-c1cccc(COCc2ccc(OC(F)(F)F)cc2)c1. The molecule has 0 saturated carbocycles. The number of aromatic amines is 1. The zero-order chi connectivity index (χ0) is 19.3. The van der Waals surface area contributed by atoms with Crippen molar-refractivity contribution in [2.75, 3.05) is 0 Å². The van der Waals surface area contributed by atoms with Gasteiger partial charge in [-0.2, -0.15) is 15.6 Å². The van der Waals surface area contributed by atoms with Crippen molar-refractivity contribution in [3.05, 3.63) is 65.4 Å². The summed E-state index contributed by atoms with van der Waals surface area (Å²) in [6, 6.07) is 14.8. The molecule has 0 bridgehead atoms. The van der Waals surface area contributed by atoms with Crippen LogP contribution < -0.4 is 4.74 Å². The Morgan fingerprint density at radius 3 is 2.44 bits per heavy atom. The van der Waals surface area contributed by atoms with Crippen LogP contribution in [-0.4, -0.2) is 21.8 Å². The van der Waals surface area contributed by atoms with Crippen molar-refractivity contribution in [1.82, 2.24) is 15.4 Å². The van der Waals surface area contributed by atoms with Gasteiger partial charge in [0.05, 0.1) is 13.2 Å². The second kappa shape index (κ2) is 7.88. The lowest BCUT2D eigenvalue weighted by Crippen LogP contribution is -2.17. The molecule has 0 atom stereocenters. The average Bonchev–Trinajstić information content (AvgIpc) is 3.11. The molecule has 0 aliphatic rings. The van der Waals surface area contributed by atoms with Gasteiger partial charge in [0.25, 0.3) is 0 Å². The molecule has 2 aromatic carbocycles. The van der Waals surface area contributed by atoms with Crippen molar-refractivity contribution >= 4 is 0 Å². The summed E-state index contributed by atoms with van der Waals surface area (Å²) in [4.78, 5) is 0. The van der Waals surface area contributed by atoms with Gasteiger partial charge in [0, 0.05) is 5.56 Å². The van der Waals surface area contributed by atoms with Gasteiger partial charge in [0.1, 0.15) is 17.5 Å². The summed E-state index contributed by atoms with van der Waals surface area (Å²) in [6.45, 7) is 0.512. The lowest BCUT2D eigenvalue weighted by Gasteiger charge is -2.10. The molecule has 3 rings (SSSR count). The second-order valence-electron chi connectivity index (χ2n) is 5.52. The predicted octanol–water partition coefficient (Wildman–Crippen LogP) is 3.96. The minimum absolute atomic E-state index is 0.203. The van der Waals surface area contributed by atoms with Crippen molar-refractivity contribution in [2.24, 2.45) is 0 Å². The average molecular weight is 374 g/mol. The lowest BCUT2D eigenvalue weighted by atomic mass is 10.1. The van der Waals surface area contributed by atoms with Crippen molar-refractivity contribution in [3.8, 4) is 23.1 Å². The highest BCUT2D eigenvalue weighted by Crippen LogP contribution is 2.23. The van der Waals surface area contributed by atoms with Crippen LogP contribution in [0.4, 0.5) is 13.2 Å². The minimum atomic E-state index is -4.71. The van der Waals surface area contributed by atoms with Crippen LogP contribution >= 0.6 is 0 Å². The van der Waals surface area contributed by atoms with Crippen LogP contribution in [0.15, 0.2) is 48.5 Å². The van der Waals surface area contributed by atoms with E-state index in [1.165, 1.54) is 24.3 Å². The summed E-state index contributed by atoms with van der Waals surface area (Å²) in [5.41, 5.74) is 2.96. The molecule has 3 aromatic rings. The Kier molecular flexibility index (Phi) is 5.38. The van der Waals surface area contributed by atoms with Gasteiger partial charge < -0.3 is 9.47 Å². The largest absolute Gasteiger partial charge is 0.573 e. The highest BCUT2D eigenvalue weighted by Gasteiger charge is 2.30. The van der Waals surface area contributed by atoms with Crippen LogP contribution in [0.2, 0.25) is 0 Å². The first kappa shape index (κ1) is 18.4. The van der Waals surface area contributed by atoms with E-state index in [2.05, 4.69) is 20.1 Å². The Hall–Kier alpha value is -3.38. The van der Waals surface area contributed by atoms with Gasteiger partial charge in [-0.1, -0.05) is 30.3 Å². The van der Waals surface area contributed by atoms with Crippen molar-refractivity contribution < 1.29 is 22.6 Å². The monoisotopic (exact) mass is 374 g/mol. The number of hydrogen-bond acceptors (Lipinski definition) is 5. The van der Waals surface area contributed by atoms with Crippen LogP contribution in [0.3, 0.4) is 0 Å². The van der Waals surface area contributed by atoms with E-state index in [0.717, 1.165) is 11.1 Å². The number of rotatable bonds is 6. The van der Waals surface area contributed by atoms with E-state index in [1.807, 2.05) is 30.3 Å². The van der Waals surface area contributed by atoms with Gasteiger partial charge in [-0.15, -0.1) is 18.3 Å². The minimum Gasteiger partial charge on any atom is -0.406 e. The maximum atomic E-state index is 12.1. The first-order valence-corrected chi connectivity index (χ1v) is 7.77. The number of alkyl halides is 3. The van der Waals surface area contributed by atoms with Crippen LogP contribution in [0.1, 0.15) is 16.8 Å². The second-order valence-corrected chi connectivity index (χ2v) is 5.52. The number of aromatic nitrogens is 3. The number of nitriles is 1. The quantitative estimate of drug-likeness (QED) is 0.706. The third-order valence-corrected chi connectivity index (χ3v) is 3.55. The fraction of sp³-hybridized carbons (Fsp3) is 0.167. The molecule has 9 heteroatoms. The van der Waals surface area contributed by atoms with E-state index in [0.29, 0.717) is 11.3 Å². The number of H-pyrrole nitrogens is 1. The van der Waals surface area contributed by atoms with Crippen LogP contribution in [-0.2, 0) is 18.0 Å². The summed E-state index contributed by atoms with van der Waals surface area (Å²) in [6.07, 6.45) is -4.71. The molecule has 0 fully saturated rings. The molecule has 0 unspecified atom stereocenters.